The Bertz CT molecular complexity index is 1320. The maximum atomic E-state index is 13.3. The van der Waals surface area contributed by atoms with Crippen molar-refractivity contribution in [3.8, 4) is 16.9 Å². The van der Waals surface area contributed by atoms with Crippen molar-refractivity contribution in [1.29, 1.82) is 0 Å². The topological polar surface area (TPSA) is 68.6 Å². The van der Waals surface area contributed by atoms with Gasteiger partial charge in [0.2, 0.25) is 10.0 Å². The molecule has 2 aromatic carbocycles. The minimum atomic E-state index is -3.62. The third kappa shape index (κ3) is 3.64. The number of aromatic nitrogens is 1. The fourth-order valence-electron chi connectivity index (χ4n) is 4.84. The standard InChI is InChI=1S/C24H23ClN2O4S/c1-31-20-6-8-21(9-7-20)32(29,30)26-13-16-12-18(15-26)23-11-10-22(24(28)27(23)14-16)17-2-4-19(25)5-3-17/h2-11,16,18H,12-15H2,1H3/t16-,18+/m0/s1. The number of halogens is 1. The third-order valence-corrected chi connectivity index (χ3v) is 8.52. The fraction of sp³-hybridized carbons (Fsp3) is 0.292. The van der Waals surface area contributed by atoms with Crippen LogP contribution in [0.15, 0.2) is 70.4 Å². The summed E-state index contributed by atoms with van der Waals surface area (Å²) in [4.78, 5) is 13.5. The molecule has 1 aromatic heterocycles. The minimum Gasteiger partial charge on any atom is -0.497 e. The Morgan fingerprint density at radius 2 is 1.66 bits per heavy atom. The first kappa shape index (κ1) is 21.2. The Balaban J connectivity index is 1.46. The number of piperidine rings is 1. The van der Waals surface area contributed by atoms with Gasteiger partial charge in [0.05, 0.1) is 12.0 Å². The smallest absolute Gasteiger partial charge is 0.258 e. The predicted octanol–water partition coefficient (Wildman–Crippen LogP) is 3.99. The lowest BCUT2D eigenvalue weighted by molar-refractivity contribution is 0.186. The molecule has 166 valence electrons. The van der Waals surface area contributed by atoms with Gasteiger partial charge >= 0.3 is 0 Å². The summed E-state index contributed by atoms with van der Waals surface area (Å²) in [6.07, 6.45) is 0.883. The van der Waals surface area contributed by atoms with E-state index in [4.69, 9.17) is 16.3 Å². The molecule has 8 heteroatoms. The number of hydrogen-bond donors (Lipinski definition) is 0. The molecular formula is C24H23ClN2O4S. The van der Waals surface area contributed by atoms with Gasteiger partial charge in [-0.15, -0.1) is 0 Å². The number of hydrogen-bond acceptors (Lipinski definition) is 4. The van der Waals surface area contributed by atoms with Crippen LogP contribution in [0.2, 0.25) is 5.02 Å². The molecule has 0 spiro atoms. The van der Waals surface area contributed by atoms with Crippen LogP contribution < -0.4 is 10.3 Å². The SMILES string of the molecule is COc1ccc(S(=O)(=O)N2C[C@@H]3C[C@H](C2)c2ccc(-c4ccc(Cl)cc4)c(=O)n2C3)cc1. The van der Waals surface area contributed by atoms with Crippen LogP contribution in [0, 0.1) is 5.92 Å². The zero-order chi connectivity index (χ0) is 22.5. The van der Waals surface area contributed by atoms with E-state index in [2.05, 4.69) is 0 Å². The number of methoxy groups -OCH3 is 1. The van der Waals surface area contributed by atoms with Crippen molar-refractivity contribution in [1.82, 2.24) is 8.87 Å². The zero-order valence-electron chi connectivity index (χ0n) is 17.6. The molecule has 3 aromatic rings. The van der Waals surface area contributed by atoms with E-state index in [9.17, 15) is 13.2 Å². The summed E-state index contributed by atoms with van der Waals surface area (Å²) < 4.78 is 35.1. The first-order valence-electron chi connectivity index (χ1n) is 10.5. The van der Waals surface area contributed by atoms with Gasteiger partial charge in [-0.05, 0) is 66.4 Å². The molecular weight excluding hydrogens is 448 g/mol. The van der Waals surface area contributed by atoms with Crippen molar-refractivity contribution in [2.45, 2.75) is 23.8 Å². The molecule has 5 rings (SSSR count). The molecule has 32 heavy (non-hydrogen) atoms. The van der Waals surface area contributed by atoms with Gasteiger partial charge in [-0.25, -0.2) is 8.42 Å². The summed E-state index contributed by atoms with van der Waals surface area (Å²) in [5.41, 5.74) is 2.33. The molecule has 1 saturated heterocycles. The molecule has 6 nitrogen and oxygen atoms in total. The molecule has 2 aliphatic heterocycles. The van der Waals surface area contributed by atoms with Crippen LogP contribution in [0.3, 0.4) is 0 Å². The van der Waals surface area contributed by atoms with Crippen LogP contribution in [-0.2, 0) is 16.6 Å². The van der Waals surface area contributed by atoms with E-state index in [0.29, 0.717) is 36.0 Å². The van der Waals surface area contributed by atoms with Gasteiger partial charge in [0, 0.05) is 41.8 Å². The van der Waals surface area contributed by atoms with E-state index in [1.807, 2.05) is 28.8 Å². The molecule has 2 bridgehead atoms. The Morgan fingerprint density at radius 3 is 2.34 bits per heavy atom. The van der Waals surface area contributed by atoms with Crippen LogP contribution in [0.4, 0.5) is 0 Å². The monoisotopic (exact) mass is 470 g/mol. The van der Waals surface area contributed by atoms with Gasteiger partial charge < -0.3 is 9.30 Å². The van der Waals surface area contributed by atoms with Crippen molar-refractivity contribution in [3.05, 3.63) is 81.7 Å². The van der Waals surface area contributed by atoms with Crippen molar-refractivity contribution < 1.29 is 13.2 Å². The average molecular weight is 471 g/mol. The lowest BCUT2D eigenvalue weighted by atomic mass is 9.84. The molecule has 0 N–H and O–H groups in total. The molecule has 2 aliphatic rings. The Labute approximate surface area is 192 Å². The zero-order valence-corrected chi connectivity index (χ0v) is 19.1. The van der Waals surface area contributed by atoms with Gasteiger partial charge in [0.25, 0.3) is 5.56 Å². The minimum absolute atomic E-state index is 0.0116. The lowest BCUT2D eigenvalue weighted by Crippen LogP contribution is -2.49. The predicted molar refractivity (Wildman–Crippen MR) is 124 cm³/mol. The number of ether oxygens (including phenoxy) is 1. The maximum Gasteiger partial charge on any atom is 0.258 e. The summed E-state index contributed by atoms with van der Waals surface area (Å²) in [5.74, 6) is 0.694. The maximum absolute atomic E-state index is 13.3. The highest BCUT2D eigenvalue weighted by molar-refractivity contribution is 7.89. The van der Waals surface area contributed by atoms with Crippen LogP contribution in [0.5, 0.6) is 5.75 Å². The molecule has 0 saturated carbocycles. The largest absolute Gasteiger partial charge is 0.497 e. The number of benzene rings is 2. The number of nitrogens with zero attached hydrogens (tertiary/aromatic N) is 2. The second kappa shape index (κ2) is 8.06. The van der Waals surface area contributed by atoms with Crippen LogP contribution >= 0.6 is 11.6 Å². The summed E-state index contributed by atoms with van der Waals surface area (Å²) in [7, 11) is -2.07. The Hall–Kier alpha value is -2.61. The number of pyridine rings is 1. The van der Waals surface area contributed by atoms with Gasteiger partial charge in [-0.3, -0.25) is 4.79 Å². The van der Waals surface area contributed by atoms with E-state index in [1.54, 1.807) is 47.8 Å². The molecule has 0 aliphatic carbocycles. The van der Waals surface area contributed by atoms with Gasteiger partial charge in [-0.1, -0.05) is 23.7 Å². The first-order valence-corrected chi connectivity index (χ1v) is 12.3. The quantitative estimate of drug-likeness (QED) is 0.578. The van der Waals surface area contributed by atoms with Crippen LogP contribution in [0.25, 0.3) is 11.1 Å². The van der Waals surface area contributed by atoms with Gasteiger partial charge in [0.15, 0.2) is 0 Å². The number of sulfonamides is 1. The third-order valence-electron chi connectivity index (χ3n) is 6.42. The summed E-state index contributed by atoms with van der Waals surface area (Å²) in [6, 6.07) is 17.5. The summed E-state index contributed by atoms with van der Waals surface area (Å²) >= 11 is 5.99. The second-order valence-corrected chi connectivity index (χ2v) is 10.8. The summed E-state index contributed by atoms with van der Waals surface area (Å²) in [5, 5.41) is 0.625. The molecule has 3 heterocycles. The molecule has 0 amide bonds. The summed E-state index contributed by atoms with van der Waals surface area (Å²) in [6.45, 7) is 1.28. The molecule has 2 atom stereocenters. The lowest BCUT2D eigenvalue weighted by Gasteiger charge is -2.42. The normalized spacial score (nSPS) is 20.6. The highest BCUT2D eigenvalue weighted by Gasteiger charge is 2.39. The van der Waals surface area contributed by atoms with E-state index < -0.39 is 10.0 Å². The average Bonchev–Trinajstić information content (AvgIpc) is 2.80. The van der Waals surface area contributed by atoms with E-state index in [1.165, 1.54) is 0 Å². The van der Waals surface area contributed by atoms with Crippen LogP contribution in [-0.4, -0.2) is 37.5 Å². The number of rotatable bonds is 4. The first-order chi connectivity index (χ1) is 15.4. The highest BCUT2D eigenvalue weighted by atomic mass is 35.5. The number of fused-ring (bicyclic) bond motifs is 4. The van der Waals surface area contributed by atoms with Crippen molar-refractivity contribution >= 4 is 21.6 Å². The highest BCUT2D eigenvalue weighted by Crippen LogP contribution is 2.38. The Morgan fingerprint density at radius 1 is 0.938 bits per heavy atom. The van der Waals surface area contributed by atoms with Gasteiger partial charge in [0.1, 0.15) is 5.75 Å². The molecule has 0 unspecified atom stereocenters. The second-order valence-electron chi connectivity index (χ2n) is 8.39. The van der Waals surface area contributed by atoms with Crippen molar-refractivity contribution in [2.75, 3.05) is 20.2 Å². The fourth-order valence-corrected chi connectivity index (χ4v) is 6.53. The van der Waals surface area contributed by atoms with E-state index >= 15 is 0 Å². The van der Waals surface area contributed by atoms with Gasteiger partial charge in [-0.2, -0.15) is 4.31 Å². The van der Waals surface area contributed by atoms with E-state index in [0.717, 1.165) is 17.7 Å². The molecule has 0 radical (unpaired) electrons. The van der Waals surface area contributed by atoms with E-state index in [-0.39, 0.29) is 22.3 Å². The Kier molecular flexibility index (Phi) is 5.35. The van der Waals surface area contributed by atoms with Crippen molar-refractivity contribution in [2.24, 2.45) is 5.92 Å². The molecule has 1 fully saturated rings. The van der Waals surface area contributed by atoms with Crippen LogP contribution in [0.1, 0.15) is 18.0 Å². The van der Waals surface area contributed by atoms with Crippen molar-refractivity contribution in [3.63, 3.8) is 0 Å².